The molecule has 1 aromatic heterocycles. The van der Waals surface area contributed by atoms with E-state index in [1.807, 2.05) is 44.3 Å². The minimum absolute atomic E-state index is 0.748. The van der Waals surface area contributed by atoms with Crippen molar-refractivity contribution in [3.63, 3.8) is 0 Å². The number of benzene rings is 2. The normalized spacial score (nSPS) is 11.0. The van der Waals surface area contributed by atoms with Gasteiger partial charge in [0.05, 0.1) is 22.2 Å². The topological polar surface area (TPSA) is 63.8 Å². The van der Waals surface area contributed by atoms with E-state index >= 15 is 0 Å². The Labute approximate surface area is 105 Å². The highest BCUT2D eigenvalue weighted by molar-refractivity contribution is 5.94. The molecule has 3 rings (SSSR count). The van der Waals surface area contributed by atoms with Crippen molar-refractivity contribution in [1.82, 2.24) is 9.97 Å². The number of nitrogen functional groups attached to an aromatic ring is 1. The van der Waals surface area contributed by atoms with E-state index < -0.39 is 0 Å². The number of aryl methyl sites for hydroxylation is 1. The molecule has 0 aliphatic heterocycles. The molecule has 18 heavy (non-hydrogen) atoms. The Morgan fingerprint density at radius 3 is 2.61 bits per heavy atom. The molecule has 0 saturated carbocycles. The smallest absolute Gasteiger partial charge is 0.113 e. The molecule has 1 heterocycles. The third-order valence-electron chi connectivity index (χ3n) is 3.12. The summed E-state index contributed by atoms with van der Waals surface area (Å²) in [5.41, 5.74) is 12.1. The molecule has 90 valence electrons. The Bertz CT molecular complexity index is 749. The quantitative estimate of drug-likeness (QED) is 0.505. The fourth-order valence-electron chi connectivity index (χ4n) is 2.07. The van der Waals surface area contributed by atoms with Crippen LogP contribution < -0.4 is 11.1 Å². The maximum atomic E-state index is 5.92. The van der Waals surface area contributed by atoms with Crippen molar-refractivity contribution in [2.45, 2.75) is 6.92 Å². The van der Waals surface area contributed by atoms with Crippen LogP contribution in [0.4, 0.5) is 11.4 Å². The van der Waals surface area contributed by atoms with Gasteiger partial charge >= 0.3 is 0 Å². The van der Waals surface area contributed by atoms with Crippen LogP contribution in [0.2, 0.25) is 0 Å². The zero-order chi connectivity index (χ0) is 12.7. The molecular formula is C14H14N4. The predicted molar refractivity (Wildman–Crippen MR) is 75.7 cm³/mol. The molecule has 0 saturated heterocycles. The van der Waals surface area contributed by atoms with Crippen LogP contribution in [0.1, 0.15) is 5.56 Å². The Morgan fingerprint density at radius 1 is 1.06 bits per heavy atom. The summed E-state index contributed by atoms with van der Waals surface area (Å²) in [6.45, 7) is 1.98. The summed E-state index contributed by atoms with van der Waals surface area (Å²) in [4.78, 5) is 9.28. The molecule has 0 bridgehead atoms. The van der Waals surface area contributed by atoms with Crippen LogP contribution in [0.15, 0.2) is 30.3 Å². The molecule has 4 heteroatoms. The Balaban J connectivity index is 2.43. The van der Waals surface area contributed by atoms with Gasteiger partial charge in [-0.05, 0) is 36.8 Å². The van der Waals surface area contributed by atoms with Gasteiger partial charge < -0.3 is 11.1 Å². The van der Waals surface area contributed by atoms with Crippen LogP contribution in [-0.4, -0.2) is 17.0 Å². The monoisotopic (exact) mass is 238 g/mol. The van der Waals surface area contributed by atoms with E-state index in [-0.39, 0.29) is 0 Å². The highest BCUT2D eigenvalue weighted by atomic mass is 14.9. The van der Waals surface area contributed by atoms with Gasteiger partial charge in [-0.25, -0.2) is 9.97 Å². The van der Waals surface area contributed by atoms with Gasteiger partial charge in [0.1, 0.15) is 5.52 Å². The van der Waals surface area contributed by atoms with Gasteiger partial charge in [0, 0.05) is 12.7 Å². The predicted octanol–water partition coefficient (Wildman–Crippen LogP) is 2.72. The second-order valence-corrected chi connectivity index (χ2v) is 4.34. The van der Waals surface area contributed by atoms with Crippen LogP contribution in [0, 0.1) is 6.92 Å². The van der Waals surface area contributed by atoms with Crippen LogP contribution in [0.3, 0.4) is 0 Å². The van der Waals surface area contributed by atoms with E-state index in [9.17, 15) is 0 Å². The molecule has 0 unspecified atom stereocenters. The Hall–Kier alpha value is -2.36. The molecule has 0 amide bonds. The van der Waals surface area contributed by atoms with Gasteiger partial charge in [0.15, 0.2) is 0 Å². The molecule has 0 aliphatic carbocycles. The average Bonchev–Trinajstić information content (AvgIpc) is 2.37. The summed E-state index contributed by atoms with van der Waals surface area (Å²) in [7, 11) is 1.88. The number of anilines is 2. The first-order chi connectivity index (χ1) is 8.69. The maximum absolute atomic E-state index is 5.92. The fourth-order valence-corrected chi connectivity index (χ4v) is 2.07. The molecule has 4 nitrogen and oxygen atoms in total. The van der Waals surface area contributed by atoms with Crippen molar-refractivity contribution in [1.29, 1.82) is 0 Å². The van der Waals surface area contributed by atoms with E-state index in [0.717, 1.165) is 39.0 Å². The summed E-state index contributed by atoms with van der Waals surface area (Å²) in [5.74, 6) is 0. The average molecular weight is 238 g/mol. The number of para-hydroxylation sites is 1. The summed E-state index contributed by atoms with van der Waals surface area (Å²) < 4.78 is 0. The molecule has 0 atom stereocenters. The minimum Gasteiger partial charge on any atom is -0.398 e. The highest BCUT2D eigenvalue weighted by Gasteiger charge is 2.06. The van der Waals surface area contributed by atoms with Crippen LogP contribution in [0.5, 0.6) is 0 Å². The van der Waals surface area contributed by atoms with Gasteiger partial charge in [-0.15, -0.1) is 0 Å². The van der Waals surface area contributed by atoms with Crippen molar-refractivity contribution < 1.29 is 0 Å². The largest absolute Gasteiger partial charge is 0.398 e. The first-order valence-corrected chi connectivity index (χ1v) is 5.83. The Kier molecular flexibility index (Phi) is 2.30. The van der Waals surface area contributed by atoms with Crippen molar-refractivity contribution in [2.75, 3.05) is 18.1 Å². The van der Waals surface area contributed by atoms with E-state index in [2.05, 4.69) is 15.3 Å². The van der Waals surface area contributed by atoms with E-state index in [1.54, 1.807) is 0 Å². The lowest BCUT2D eigenvalue weighted by Crippen LogP contribution is -1.96. The van der Waals surface area contributed by atoms with Gasteiger partial charge in [-0.3, -0.25) is 0 Å². The SMILES string of the molecule is CNc1cccc2nc3cc(C)c(N)cc3nc12. The molecule has 3 aromatic rings. The second kappa shape index (κ2) is 3.84. The Morgan fingerprint density at radius 2 is 1.83 bits per heavy atom. The number of rotatable bonds is 1. The number of nitrogens with zero attached hydrogens (tertiary/aromatic N) is 2. The van der Waals surface area contributed by atoms with Gasteiger partial charge in [-0.2, -0.15) is 0 Å². The van der Waals surface area contributed by atoms with Gasteiger partial charge in [0.2, 0.25) is 0 Å². The summed E-state index contributed by atoms with van der Waals surface area (Å²) in [6, 6.07) is 9.78. The molecule has 0 fully saturated rings. The molecular weight excluding hydrogens is 224 g/mol. The lowest BCUT2D eigenvalue weighted by atomic mass is 10.1. The van der Waals surface area contributed by atoms with E-state index in [4.69, 9.17) is 5.73 Å². The number of nitrogens with two attached hydrogens (primary N) is 1. The molecule has 0 aliphatic rings. The lowest BCUT2D eigenvalue weighted by molar-refractivity contribution is 1.36. The van der Waals surface area contributed by atoms with Crippen molar-refractivity contribution >= 4 is 33.4 Å². The lowest BCUT2D eigenvalue weighted by Gasteiger charge is -2.07. The van der Waals surface area contributed by atoms with E-state index in [0.29, 0.717) is 0 Å². The fraction of sp³-hybridized carbons (Fsp3) is 0.143. The number of hydrogen-bond acceptors (Lipinski definition) is 4. The number of aromatic nitrogens is 2. The van der Waals surface area contributed by atoms with E-state index in [1.165, 1.54) is 0 Å². The van der Waals surface area contributed by atoms with Gasteiger partial charge in [0.25, 0.3) is 0 Å². The summed E-state index contributed by atoms with van der Waals surface area (Å²) in [6.07, 6.45) is 0. The second-order valence-electron chi connectivity index (χ2n) is 4.34. The molecule has 3 N–H and O–H groups in total. The molecule has 0 spiro atoms. The highest BCUT2D eigenvalue weighted by Crippen LogP contribution is 2.25. The zero-order valence-electron chi connectivity index (χ0n) is 10.4. The number of hydrogen-bond donors (Lipinski definition) is 2. The van der Waals surface area contributed by atoms with Crippen LogP contribution in [0.25, 0.3) is 22.1 Å². The molecule has 0 radical (unpaired) electrons. The zero-order valence-corrected chi connectivity index (χ0v) is 10.4. The number of nitrogens with one attached hydrogen (secondary N) is 1. The first kappa shape index (κ1) is 10.8. The number of fused-ring (bicyclic) bond motifs is 2. The standard InChI is InChI=1S/C14H14N4/c1-8-6-12-13(7-9(8)15)18-14-10(16-2)4-3-5-11(14)17-12/h3-7,16H,15H2,1-2H3. The summed E-state index contributed by atoms with van der Waals surface area (Å²) in [5, 5.41) is 3.13. The maximum Gasteiger partial charge on any atom is 0.113 e. The molecule has 2 aromatic carbocycles. The van der Waals surface area contributed by atoms with Crippen LogP contribution in [-0.2, 0) is 0 Å². The van der Waals surface area contributed by atoms with Crippen molar-refractivity contribution in [3.05, 3.63) is 35.9 Å². The van der Waals surface area contributed by atoms with Crippen molar-refractivity contribution in [3.8, 4) is 0 Å². The first-order valence-electron chi connectivity index (χ1n) is 5.83. The summed E-state index contributed by atoms with van der Waals surface area (Å²) >= 11 is 0. The third-order valence-corrected chi connectivity index (χ3v) is 3.12. The van der Waals surface area contributed by atoms with Gasteiger partial charge in [-0.1, -0.05) is 6.07 Å². The van der Waals surface area contributed by atoms with Crippen molar-refractivity contribution in [2.24, 2.45) is 0 Å². The third kappa shape index (κ3) is 1.54. The minimum atomic E-state index is 0.748. The van der Waals surface area contributed by atoms with Crippen LogP contribution >= 0.6 is 0 Å².